The van der Waals surface area contributed by atoms with Gasteiger partial charge >= 0.3 is 6.03 Å². The van der Waals surface area contributed by atoms with Gasteiger partial charge in [-0.1, -0.05) is 0 Å². The lowest BCUT2D eigenvalue weighted by Crippen LogP contribution is -2.38. The Bertz CT molecular complexity index is 729. The Morgan fingerprint density at radius 1 is 1.20 bits per heavy atom. The number of ether oxygens (including phenoxy) is 2. The number of nitrogens with one attached hydrogen (secondary N) is 2. The highest BCUT2D eigenvalue weighted by atomic mass is 32.1. The number of urea groups is 1. The number of benzene rings is 1. The van der Waals surface area contributed by atoms with Crippen LogP contribution in [0.3, 0.4) is 0 Å². The average Bonchev–Trinajstić information content (AvgIpc) is 3.37. The first-order valence-electron chi connectivity index (χ1n) is 8.50. The van der Waals surface area contributed by atoms with Crippen molar-refractivity contribution in [2.24, 2.45) is 0 Å². The number of anilines is 1. The van der Waals surface area contributed by atoms with E-state index in [9.17, 15) is 4.79 Å². The Balaban J connectivity index is 1.36. The zero-order valence-corrected chi connectivity index (χ0v) is 14.7. The smallest absolute Gasteiger partial charge is 0.319 e. The summed E-state index contributed by atoms with van der Waals surface area (Å²) < 4.78 is 10.6. The first kappa shape index (κ1) is 16.2. The SMILES string of the molecule is O=C(NC[C@@H](c1ccsc1)N1CCCC1)Nc1ccc2c(c1)OCO2. The van der Waals surface area contributed by atoms with E-state index < -0.39 is 0 Å². The van der Waals surface area contributed by atoms with E-state index in [1.165, 1.54) is 18.4 Å². The van der Waals surface area contributed by atoms with Crippen molar-refractivity contribution >= 4 is 23.1 Å². The summed E-state index contributed by atoms with van der Waals surface area (Å²) in [6, 6.07) is 7.55. The van der Waals surface area contributed by atoms with Gasteiger partial charge in [0.25, 0.3) is 0 Å². The maximum Gasteiger partial charge on any atom is 0.319 e. The summed E-state index contributed by atoms with van der Waals surface area (Å²) in [6.45, 7) is 2.99. The van der Waals surface area contributed by atoms with E-state index in [-0.39, 0.29) is 18.9 Å². The Kier molecular flexibility index (Phi) is 4.76. The summed E-state index contributed by atoms with van der Waals surface area (Å²) in [5.74, 6) is 1.36. The van der Waals surface area contributed by atoms with E-state index in [2.05, 4.69) is 32.4 Å². The number of amides is 2. The number of hydrogen-bond donors (Lipinski definition) is 2. The first-order valence-corrected chi connectivity index (χ1v) is 9.44. The number of carbonyl (C=O) groups excluding carboxylic acids is 1. The Morgan fingerprint density at radius 2 is 2.04 bits per heavy atom. The molecule has 1 saturated heterocycles. The van der Waals surface area contributed by atoms with E-state index in [0.29, 0.717) is 23.7 Å². The molecule has 2 amide bonds. The van der Waals surface area contributed by atoms with E-state index in [4.69, 9.17) is 9.47 Å². The number of hydrogen-bond acceptors (Lipinski definition) is 5. The van der Waals surface area contributed by atoms with Crippen molar-refractivity contribution in [3.8, 4) is 11.5 Å². The van der Waals surface area contributed by atoms with Crippen LogP contribution in [0.15, 0.2) is 35.0 Å². The molecule has 2 aromatic rings. The van der Waals surface area contributed by atoms with Gasteiger partial charge in [-0.15, -0.1) is 0 Å². The first-order chi connectivity index (χ1) is 12.3. The minimum atomic E-state index is -0.210. The average molecular weight is 359 g/mol. The van der Waals surface area contributed by atoms with Crippen LogP contribution in [-0.2, 0) is 0 Å². The molecule has 1 aromatic carbocycles. The largest absolute Gasteiger partial charge is 0.454 e. The summed E-state index contributed by atoms with van der Waals surface area (Å²) in [4.78, 5) is 14.7. The van der Waals surface area contributed by atoms with Crippen LogP contribution in [-0.4, -0.2) is 37.4 Å². The summed E-state index contributed by atoms with van der Waals surface area (Å²) in [5, 5.41) is 10.1. The molecule has 7 heteroatoms. The highest BCUT2D eigenvalue weighted by Gasteiger charge is 2.24. The number of nitrogens with zero attached hydrogens (tertiary/aromatic N) is 1. The van der Waals surface area contributed by atoms with Gasteiger partial charge in [0.1, 0.15) is 0 Å². The normalized spacial score (nSPS) is 17.4. The molecule has 1 fully saturated rings. The van der Waals surface area contributed by atoms with Crippen LogP contribution in [0.1, 0.15) is 24.4 Å². The molecule has 1 aromatic heterocycles. The molecule has 2 aliphatic heterocycles. The van der Waals surface area contributed by atoms with Crippen molar-refractivity contribution in [2.45, 2.75) is 18.9 Å². The van der Waals surface area contributed by atoms with E-state index in [0.717, 1.165) is 13.1 Å². The van der Waals surface area contributed by atoms with Gasteiger partial charge in [0.05, 0.1) is 6.04 Å². The van der Waals surface area contributed by atoms with Gasteiger partial charge in [0, 0.05) is 18.3 Å². The fourth-order valence-electron chi connectivity index (χ4n) is 3.31. The fraction of sp³-hybridized carbons (Fsp3) is 0.389. The maximum atomic E-state index is 12.3. The van der Waals surface area contributed by atoms with Gasteiger partial charge in [-0.25, -0.2) is 4.79 Å². The number of fused-ring (bicyclic) bond motifs is 1. The topological polar surface area (TPSA) is 62.8 Å². The van der Waals surface area contributed by atoms with E-state index in [1.54, 1.807) is 23.5 Å². The lowest BCUT2D eigenvalue weighted by molar-refractivity contribution is 0.174. The second kappa shape index (κ2) is 7.33. The van der Waals surface area contributed by atoms with Gasteiger partial charge in [0.15, 0.2) is 11.5 Å². The minimum Gasteiger partial charge on any atom is -0.454 e. The summed E-state index contributed by atoms with van der Waals surface area (Å²) in [6.07, 6.45) is 2.45. The van der Waals surface area contributed by atoms with Crippen LogP contribution in [0.2, 0.25) is 0 Å². The van der Waals surface area contributed by atoms with Crippen molar-refractivity contribution in [2.75, 3.05) is 31.7 Å². The van der Waals surface area contributed by atoms with Crippen LogP contribution in [0, 0.1) is 0 Å². The van der Waals surface area contributed by atoms with Gasteiger partial charge in [-0.05, 0) is 60.5 Å². The second-order valence-electron chi connectivity index (χ2n) is 6.22. The summed E-state index contributed by atoms with van der Waals surface area (Å²) in [5.41, 5.74) is 1.96. The molecule has 132 valence electrons. The molecule has 4 rings (SSSR count). The molecule has 6 nitrogen and oxygen atoms in total. The van der Waals surface area contributed by atoms with Crippen molar-refractivity contribution in [1.29, 1.82) is 0 Å². The third kappa shape index (κ3) is 3.72. The third-order valence-corrected chi connectivity index (χ3v) is 5.30. The van der Waals surface area contributed by atoms with Gasteiger partial charge in [-0.2, -0.15) is 11.3 Å². The predicted octanol–water partition coefficient (Wildman–Crippen LogP) is 3.44. The molecule has 2 N–H and O–H groups in total. The Labute approximate surface area is 150 Å². The number of likely N-dealkylation sites (tertiary alicyclic amines) is 1. The fourth-order valence-corrected chi connectivity index (χ4v) is 4.02. The molecule has 0 saturated carbocycles. The molecule has 0 spiro atoms. The van der Waals surface area contributed by atoms with Crippen molar-refractivity contribution in [1.82, 2.24) is 10.2 Å². The lowest BCUT2D eigenvalue weighted by atomic mass is 10.1. The van der Waals surface area contributed by atoms with Crippen LogP contribution >= 0.6 is 11.3 Å². The lowest BCUT2D eigenvalue weighted by Gasteiger charge is -2.27. The highest BCUT2D eigenvalue weighted by Crippen LogP contribution is 2.34. The second-order valence-corrected chi connectivity index (χ2v) is 7.00. The molecule has 1 atom stereocenters. The van der Waals surface area contributed by atoms with Gasteiger partial charge in [-0.3, -0.25) is 4.90 Å². The Hall–Kier alpha value is -2.25. The Morgan fingerprint density at radius 3 is 2.84 bits per heavy atom. The van der Waals surface area contributed by atoms with Crippen LogP contribution in [0.25, 0.3) is 0 Å². The van der Waals surface area contributed by atoms with Crippen molar-refractivity contribution in [3.63, 3.8) is 0 Å². The van der Waals surface area contributed by atoms with Crippen LogP contribution in [0.4, 0.5) is 10.5 Å². The monoisotopic (exact) mass is 359 g/mol. The van der Waals surface area contributed by atoms with Gasteiger partial charge in [0.2, 0.25) is 6.79 Å². The molecule has 3 heterocycles. The maximum absolute atomic E-state index is 12.3. The predicted molar refractivity (Wildman–Crippen MR) is 97.5 cm³/mol. The zero-order valence-electron chi connectivity index (χ0n) is 13.9. The highest BCUT2D eigenvalue weighted by molar-refractivity contribution is 7.07. The molecular weight excluding hydrogens is 338 g/mol. The van der Waals surface area contributed by atoms with E-state index in [1.807, 2.05) is 6.07 Å². The van der Waals surface area contributed by atoms with Crippen molar-refractivity contribution < 1.29 is 14.3 Å². The number of carbonyl (C=O) groups is 1. The quantitative estimate of drug-likeness (QED) is 0.858. The standard InChI is InChI=1S/C18H21N3O3S/c22-18(20-14-3-4-16-17(9-14)24-12-23-16)19-10-15(13-5-8-25-11-13)21-6-1-2-7-21/h3-5,8-9,11,15H,1-2,6-7,10,12H2,(H2,19,20,22)/t15-/m0/s1. The van der Waals surface area contributed by atoms with Crippen LogP contribution < -0.4 is 20.1 Å². The van der Waals surface area contributed by atoms with E-state index >= 15 is 0 Å². The van der Waals surface area contributed by atoms with Crippen LogP contribution in [0.5, 0.6) is 11.5 Å². The third-order valence-electron chi connectivity index (χ3n) is 4.60. The number of rotatable bonds is 5. The summed E-state index contributed by atoms with van der Waals surface area (Å²) >= 11 is 1.69. The molecule has 0 bridgehead atoms. The molecule has 0 unspecified atom stereocenters. The molecular formula is C18H21N3O3S. The van der Waals surface area contributed by atoms with Gasteiger partial charge < -0.3 is 20.1 Å². The van der Waals surface area contributed by atoms with Crippen molar-refractivity contribution in [3.05, 3.63) is 40.6 Å². The number of thiophene rings is 1. The summed E-state index contributed by atoms with van der Waals surface area (Å²) in [7, 11) is 0. The molecule has 0 radical (unpaired) electrons. The zero-order chi connectivity index (χ0) is 17.1. The molecule has 2 aliphatic rings. The minimum absolute atomic E-state index is 0.210. The molecule has 25 heavy (non-hydrogen) atoms. The molecule has 0 aliphatic carbocycles.